The monoisotopic (exact) mass is 417 g/mol. The Balaban J connectivity index is 2.29. The molecule has 1 aromatic heterocycles. The van der Waals surface area contributed by atoms with E-state index in [1.54, 1.807) is 6.07 Å². The predicted octanol–water partition coefficient (Wildman–Crippen LogP) is 2.66. The molecule has 0 saturated carbocycles. The van der Waals surface area contributed by atoms with E-state index in [0.717, 1.165) is 3.79 Å². The minimum atomic E-state index is -3.52. The number of hydrogen-bond donors (Lipinski definition) is 1. The SMILES string of the molecule is CC1CCN(S(=O)(=O)c2cc(Br)sc2Br)CC1O. The molecule has 2 heterocycles. The highest BCUT2D eigenvalue weighted by Crippen LogP contribution is 2.37. The summed E-state index contributed by atoms with van der Waals surface area (Å²) in [5.41, 5.74) is 0. The molecule has 102 valence electrons. The topological polar surface area (TPSA) is 57.6 Å². The Morgan fingerprint density at radius 1 is 1.50 bits per heavy atom. The molecule has 0 aliphatic carbocycles. The molecule has 0 radical (unpaired) electrons. The summed E-state index contributed by atoms with van der Waals surface area (Å²) < 4.78 is 27.6. The molecule has 1 aliphatic rings. The average Bonchev–Trinajstić information content (AvgIpc) is 2.62. The van der Waals surface area contributed by atoms with E-state index >= 15 is 0 Å². The van der Waals surface area contributed by atoms with E-state index in [0.29, 0.717) is 16.8 Å². The molecule has 2 unspecified atom stereocenters. The number of thiophene rings is 1. The second kappa shape index (κ2) is 5.49. The van der Waals surface area contributed by atoms with E-state index in [4.69, 9.17) is 0 Å². The fraction of sp³-hybridized carbons (Fsp3) is 0.600. The molecule has 8 heteroatoms. The Bertz CT molecular complexity index is 543. The van der Waals surface area contributed by atoms with Crippen LogP contribution in [0.15, 0.2) is 18.5 Å². The van der Waals surface area contributed by atoms with Crippen molar-refractivity contribution in [2.24, 2.45) is 5.92 Å². The molecule has 1 N–H and O–H groups in total. The van der Waals surface area contributed by atoms with Gasteiger partial charge in [0.1, 0.15) is 4.90 Å². The van der Waals surface area contributed by atoms with Gasteiger partial charge in [0.2, 0.25) is 10.0 Å². The summed E-state index contributed by atoms with van der Waals surface area (Å²) in [6.45, 7) is 2.57. The van der Waals surface area contributed by atoms with Gasteiger partial charge in [-0.3, -0.25) is 0 Å². The molecular weight excluding hydrogens is 406 g/mol. The van der Waals surface area contributed by atoms with Crippen molar-refractivity contribution in [3.05, 3.63) is 13.6 Å². The van der Waals surface area contributed by atoms with Crippen LogP contribution in [0, 0.1) is 5.92 Å². The lowest BCUT2D eigenvalue weighted by Crippen LogP contribution is -2.45. The third kappa shape index (κ3) is 2.83. The Kier molecular flexibility index (Phi) is 4.56. The van der Waals surface area contributed by atoms with Gasteiger partial charge in [0.25, 0.3) is 0 Å². The number of nitrogens with zero attached hydrogens (tertiary/aromatic N) is 1. The average molecular weight is 419 g/mol. The summed E-state index contributed by atoms with van der Waals surface area (Å²) in [7, 11) is -3.52. The predicted molar refractivity (Wildman–Crippen MR) is 78.3 cm³/mol. The number of aliphatic hydroxyl groups excluding tert-OH is 1. The van der Waals surface area contributed by atoms with Gasteiger partial charge >= 0.3 is 0 Å². The zero-order valence-electron chi connectivity index (χ0n) is 9.64. The molecule has 1 aliphatic heterocycles. The standard InChI is InChI=1S/C10H13Br2NO3S2/c1-6-2-3-13(5-7(6)14)18(15,16)8-4-9(11)17-10(8)12/h4,6-7,14H,2-3,5H2,1H3. The van der Waals surface area contributed by atoms with Gasteiger partial charge in [0.05, 0.1) is 13.7 Å². The summed E-state index contributed by atoms with van der Waals surface area (Å²) in [6.07, 6.45) is 0.0953. The molecule has 1 saturated heterocycles. The second-order valence-corrected chi connectivity index (χ2v) is 10.0. The number of β-amino-alcohol motifs (C(OH)–C–C–N with tert-alkyl or cyclic N) is 1. The van der Waals surface area contributed by atoms with Crippen molar-refractivity contribution in [1.82, 2.24) is 4.31 Å². The Morgan fingerprint density at radius 3 is 2.67 bits per heavy atom. The van der Waals surface area contributed by atoms with E-state index < -0.39 is 16.1 Å². The first kappa shape index (κ1) is 14.9. The highest BCUT2D eigenvalue weighted by Gasteiger charge is 2.34. The molecule has 2 atom stereocenters. The minimum Gasteiger partial charge on any atom is -0.391 e. The molecular formula is C10H13Br2NO3S2. The van der Waals surface area contributed by atoms with Crippen LogP contribution in [0.1, 0.15) is 13.3 Å². The second-order valence-electron chi connectivity index (χ2n) is 4.38. The number of sulfonamides is 1. The van der Waals surface area contributed by atoms with E-state index in [9.17, 15) is 13.5 Å². The lowest BCUT2D eigenvalue weighted by Gasteiger charge is -2.33. The van der Waals surface area contributed by atoms with Crippen molar-refractivity contribution in [2.75, 3.05) is 13.1 Å². The quantitative estimate of drug-likeness (QED) is 0.803. The number of aliphatic hydroxyl groups is 1. The summed E-state index contributed by atoms with van der Waals surface area (Å²) in [6, 6.07) is 1.59. The lowest BCUT2D eigenvalue weighted by molar-refractivity contribution is 0.0605. The maximum absolute atomic E-state index is 12.4. The fourth-order valence-corrected chi connectivity index (χ4v) is 7.11. The molecule has 1 fully saturated rings. The van der Waals surface area contributed by atoms with Crippen LogP contribution in [-0.2, 0) is 10.0 Å². The summed E-state index contributed by atoms with van der Waals surface area (Å²) >= 11 is 7.87. The Morgan fingerprint density at radius 2 is 2.17 bits per heavy atom. The zero-order chi connectivity index (χ0) is 13.5. The van der Waals surface area contributed by atoms with Crippen LogP contribution in [0.2, 0.25) is 0 Å². The van der Waals surface area contributed by atoms with Gasteiger partial charge in [-0.25, -0.2) is 8.42 Å². The maximum Gasteiger partial charge on any atom is 0.245 e. The van der Waals surface area contributed by atoms with Crippen molar-refractivity contribution in [2.45, 2.75) is 24.3 Å². The molecule has 0 bridgehead atoms. The first-order chi connectivity index (χ1) is 8.32. The van der Waals surface area contributed by atoms with Crippen molar-refractivity contribution in [3.8, 4) is 0 Å². The van der Waals surface area contributed by atoms with Crippen molar-refractivity contribution in [1.29, 1.82) is 0 Å². The summed E-state index contributed by atoms with van der Waals surface area (Å²) in [4.78, 5) is 0.265. The Hall–Kier alpha value is 0.530. The Labute approximate surface area is 127 Å². The van der Waals surface area contributed by atoms with E-state index in [-0.39, 0.29) is 17.4 Å². The van der Waals surface area contributed by atoms with Gasteiger partial charge in [0, 0.05) is 13.1 Å². The van der Waals surface area contributed by atoms with Gasteiger partial charge in [-0.2, -0.15) is 4.31 Å². The van der Waals surface area contributed by atoms with Crippen LogP contribution < -0.4 is 0 Å². The first-order valence-electron chi connectivity index (χ1n) is 5.45. The van der Waals surface area contributed by atoms with Crippen molar-refractivity contribution < 1.29 is 13.5 Å². The minimum absolute atomic E-state index is 0.147. The highest BCUT2D eigenvalue weighted by molar-refractivity contribution is 9.12. The number of piperidine rings is 1. The van der Waals surface area contributed by atoms with Gasteiger partial charge < -0.3 is 5.11 Å². The van der Waals surface area contributed by atoms with Gasteiger partial charge in [-0.05, 0) is 50.3 Å². The third-order valence-corrected chi connectivity index (χ3v) is 7.74. The molecule has 4 nitrogen and oxygen atoms in total. The third-order valence-electron chi connectivity index (χ3n) is 3.12. The van der Waals surface area contributed by atoms with Crippen molar-refractivity contribution >= 4 is 53.2 Å². The first-order valence-corrected chi connectivity index (χ1v) is 9.29. The highest BCUT2D eigenvalue weighted by atomic mass is 79.9. The number of halogens is 2. The lowest BCUT2D eigenvalue weighted by atomic mass is 9.98. The van der Waals surface area contributed by atoms with Gasteiger partial charge in [-0.15, -0.1) is 11.3 Å². The molecule has 2 rings (SSSR count). The summed E-state index contributed by atoms with van der Waals surface area (Å²) in [5, 5.41) is 9.81. The van der Waals surface area contributed by atoms with E-state index in [1.165, 1.54) is 15.6 Å². The van der Waals surface area contributed by atoms with Crippen LogP contribution in [0.3, 0.4) is 0 Å². The van der Waals surface area contributed by atoms with Gasteiger partial charge in [0.15, 0.2) is 0 Å². The van der Waals surface area contributed by atoms with Gasteiger partial charge in [-0.1, -0.05) is 6.92 Å². The van der Waals surface area contributed by atoms with Crippen LogP contribution in [0.4, 0.5) is 0 Å². The van der Waals surface area contributed by atoms with Crippen LogP contribution in [-0.4, -0.2) is 37.0 Å². The molecule has 0 aromatic carbocycles. The number of hydrogen-bond acceptors (Lipinski definition) is 4. The van der Waals surface area contributed by atoms with E-state index in [2.05, 4.69) is 31.9 Å². The molecule has 0 amide bonds. The summed E-state index contributed by atoms with van der Waals surface area (Å²) in [5.74, 6) is 0.147. The van der Waals surface area contributed by atoms with Crippen molar-refractivity contribution in [3.63, 3.8) is 0 Å². The number of rotatable bonds is 2. The normalized spacial score (nSPS) is 26.4. The van der Waals surface area contributed by atoms with Crippen LogP contribution >= 0.6 is 43.2 Å². The molecule has 0 spiro atoms. The smallest absolute Gasteiger partial charge is 0.245 e. The fourth-order valence-electron chi connectivity index (χ4n) is 1.88. The maximum atomic E-state index is 12.4. The molecule has 1 aromatic rings. The van der Waals surface area contributed by atoms with Crippen LogP contribution in [0.25, 0.3) is 0 Å². The largest absolute Gasteiger partial charge is 0.391 e. The van der Waals surface area contributed by atoms with Crippen LogP contribution in [0.5, 0.6) is 0 Å². The zero-order valence-corrected chi connectivity index (χ0v) is 14.4. The van der Waals surface area contributed by atoms with E-state index in [1.807, 2.05) is 6.92 Å². The molecule has 18 heavy (non-hydrogen) atoms.